The number of alkyl halides is 3. The summed E-state index contributed by atoms with van der Waals surface area (Å²) < 4.78 is 39.8. The van der Waals surface area contributed by atoms with Crippen LogP contribution in [0, 0.1) is 0 Å². The quantitative estimate of drug-likeness (QED) is 0.652. The average Bonchev–Trinajstić information content (AvgIpc) is 2.70. The maximum absolute atomic E-state index is 13.3. The van der Waals surface area contributed by atoms with Gasteiger partial charge in [-0.2, -0.15) is 13.2 Å². The number of hydrogen-bond acceptors (Lipinski definition) is 3. The van der Waals surface area contributed by atoms with Crippen LogP contribution in [0.1, 0.15) is 31.2 Å². The molecule has 0 aromatic heterocycles. The summed E-state index contributed by atoms with van der Waals surface area (Å²) in [6, 6.07) is 11.0. The van der Waals surface area contributed by atoms with Crippen molar-refractivity contribution in [3.8, 4) is 0 Å². The van der Waals surface area contributed by atoms with Gasteiger partial charge >= 0.3 is 6.18 Å². The number of nitrogens with zero attached hydrogens (tertiary/aromatic N) is 2. The van der Waals surface area contributed by atoms with Gasteiger partial charge in [0.1, 0.15) is 0 Å². The monoisotopic (exact) mass is 406 g/mol. The molecule has 0 atom stereocenters. The molecule has 0 saturated carbocycles. The van der Waals surface area contributed by atoms with Gasteiger partial charge in [-0.25, -0.2) is 0 Å². The van der Waals surface area contributed by atoms with Crippen molar-refractivity contribution in [2.24, 2.45) is 0 Å². The number of rotatable bonds is 3. The smallest absolute Gasteiger partial charge is 0.303 e. The van der Waals surface area contributed by atoms with Crippen LogP contribution in [0.3, 0.4) is 0 Å². The molecule has 2 aliphatic rings. The van der Waals surface area contributed by atoms with Crippen molar-refractivity contribution in [3.05, 3.63) is 48.0 Å². The molecular formula is C21H21F3N2OS. The molecule has 2 aromatic carbocycles. The lowest BCUT2D eigenvalue weighted by Gasteiger charge is -2.33. The van der Waals surface area contributed by atoms with E-state index in [1.807, 2.05) is 18.2 Å². The number of halogens is 3. The number of para-hydroxylation sites is 1. The Balaban J connectivity index is 1.65. The molecule has 4 rings (SSSR count). The van der Waals surface area contributed by atoms with E-state index in [1.54, 1.807) is 6.07 Å². The van der Waals surface area contributed by atoms with Crippen molar-refractivity contribution in [2.75, 3.05) is 24.5 Å². The molecular weight excluding hydrogens is 385 g/mol. The van der Waals surface area contributed by atoms with Gasteiger partial charge in [0.25, 0.3) is 0 Å². The van der Waals surface area contributed by atoms with Crippen molar-refractivity contribution < 1.29 is 18.0 Å². The standard InChI is InChI=1S/C21H21F3N2OS/c22-21(23,24)15-8-9-19-17(14-15)26(16-6-2-3-7-18(16)28-19)20(27)10-13-25-11-4-1-5-12-25/h2-3,6-9,14H,1,4-5,10-13H2. The summed E-state index contributed by atoms with van der Waals surface area (Å²) in [6.45, 7) is 2.60. The van der Waals surface area contributed by atoms with Crippen LogP contribution in [0.25, 0.3) is 0 Å². The van der Waals surface area contributed by atoms with Crippen molar-refractivity contribution in [1.82, 2.24) is 4.90 Å². The Bertz CT molecular complexity index is 878. The number of anilines is 2. The zero-order valence-electron chi connectivity index (χ0n) is 15.3. The molecule has 7 heteroatoms. The van der Waals surface area contributed by atoms with Gasteiger partial charge in [-0.1, -0.05) is 30.3 Å². The van der Waals surface area contributed by atoms with Crippen LogP contribution in [0.15, 0.2) is 52.3 Å². The first-order valence-electron chi connectivity index (χ1n) is 9.47. The third-order valence-electron chi connectivity index (χ3n) is 5.19. The van der Waals surface area contributed by atoms with E-state index in [1.165, 1.54) is 29.1 Å². The van der Waals surface area contributed by atoms with Crippen LogP contribution in [0.2, 0.25) is 0 Å². The Morgan fingerprint density at radius 3 is 2.43 bits per heavy atom. The van der Waals surface area contributed by atoms with Gasteiger partial charge in [0.2, 0.25) is 5.91 Å². The summed E-state index contributed by atoms with van der Waals surface area (Å²) in [7, 11) is 0. The number of fused-ring (bicyclic) bond motifs is 2. The molecule has 1 amide bonds. The minimum absolute atomic E-state index is 0.168. The molecule has 28 heavy (non-hydrogen) atoms. The molecule has 0 unspecified atom stereocenters. The zero-order chi connectivity index (χ0) is 19.7. The predicted molar refractivity (Wildman–Crippen MR) is 104 cm³/mol. The highest BCUT2D eigenvalue weighted by Gasteiger charge is 2.34. The summed E-state index contributed by atoms with van der Waals surface area (Å²) in [6.07, 6.45) is -0.674. The largest absolute Gasteiger partial charge is 0.416 e. The van der Waals surface area contributed by atoms with E-state index < -0.39 is 11.7 Å². The number of likely N-dealkylation sites (tertiary alicyclic amines) is 1. The van der Waals surface area contributed by atoms with Crippen molar-refractivity contribution in [1.29, 1.82) is 0 Å². The summed E-state index contributed by atoms with van der Waals surface area (Å²) in [5, 5.41) is 0. The molecule has 2 aliphatic heterocycles. The van der Waals surface area contributed by atoms with Gasteiger partial charge in [0.05, 0.1) is 16.9 Å². The lowest BCUT2D eigenvalue weighted by Crippen LogP contribution is -2.35. The van der Waals surface area contributed by atoms with E-state index in [0.29, 0.717) is 22.8 Å². The SMILES string of the molecule is O=C(CCN1CCCCC1)N1c2ccccc2Sc2ccc(C(F)(F)F)cc21. The van der Waals surface area contributed by atoms with E-state index in [9.17, 15) is 18.0 Å². The fourth-order valence-corrected chi connectivity index (χ4v) is 4.79. The average molecular weight is 406 g/mol. The van der Waals surface area contributed by atoms with Crippen LogP contribution < -0.4 is 4.90 Å². The van der Waals surface area contributed by atoms with E-state index in [-0.39, 0.29) is 12.3 Å². The van der Waals surface area contributed by atoms with Crippen LogP contribution in [-0.2, 0) is 11.0 Å². The molecule has 0 spiro atoms. The second kappa shape index (κ2) is 7.79. The molecule has 0 radical (unpaired) electrons. The van der Waals surface area contributed by atoms with Crippen molar-refractivity contribution in [3.63, 3.8) is 0 Å². The fraction of sp³-hybridized carbons (Fsp3) is 0.381. The Morgan fingerprint density at radius 1 is 0.964 bits per heavy atom. The Hall–Kier alpha value is -1.99. The molecule has 0 N–H and O–H groups in total. The molecule has 0 aliphatic carbocycles. The lowest BCUT2D eigenvalue weighted by molar-refractivity contribution is -0.137. The zero-order valence-corrected chi connectivity index (χ0v) is 16.2. The lowest BCUT2D eigenvalue weighted by atomic mass is 10.1. The maximum atomic E-state index is 13.3. The first-order valence-corrected chi connectivity index (χ1v) is 10.3. The first kappa shape index (κ1) is 19.3. The molecule has 2 heterocycles. The molecule has 1 fully saturated rings. The van der Waals surface area contributed by atoms with E-state index in [2.05, 4.69) is 4.90 Å². The fourth-order valence-electron chi connectivity index (χ4n) is 3.75. The Labute approximate surface area is 166 Å². The highest BCUT2D eigenvalue weighted by atomic mass is 32.2. The van der Waals surface area contributed by atoms with E-state index >= 15 is 0 Å². The van der Waals surface area contributed by atoms with Gasteiger partial charge in [-0.15, -0.1) is 0 Å². The van der Waals surface area contributed by atoms with Crippen LogP contribution >= 0.6 is 11.8 Å². The number of amides is 1. The van der Waals surface area contributed by atoms with Crippen LogP contribution in [-0.4, -0.2) is 30.4 Å². The summed E-state index contributed by atoms with van der Waals surface area (Å²) >= 11 is 1.40. The van der Waals surface area contributed by atoms with Gasteiger partial charge in [0.15, 0.2) is 0 Å². The second-order valence-electron chi connectivity index (χ2n) is 7.13. The highest BCUT2D eigenvalue weighted by molar-refractivity contribution is 7.99. The first-order chi connectivity index (χ1) is 13.4. The number of benzene rings is 2. The minimum atomic E-state index is -4.45. The molecule has 148 valence electrons. The van der Waals surface area contributed by atoms with Gasteiger partial charge in [-0.05, 0) is 56.3 Å². The topological polar surface area (TPSA) is 23.6 Å². The molecule has 2 aromatic rings. The number of hydrogen-bond donors (Lipinski definition) is 0. The van der Waals surface area contributed by atoms with Crippen LogP contribution in [0.5, 0.6) is 0 Å². The minimum Gasteiger partial charge on any atom is -0.303 e. The van der Waals surface area contributed by atoms with Gasteiger partial charge < -0.3 is 4.90 Å². The van der Waals surface area contributed by atoms with Gasteiger partial charge in [0, 0.05) is 22.8 Å². The normalized spacial score (nSPS) is 17.2. The Kier molecular flexibility index (Phi) is 5.38. The third-order valence-corrected chi connectivity index (χ3v) is 6.32. The number of carbonyl (C=O) groups excluding carboxylic acids is 1. The molecule has 3 nitrogen and oxygen atoms in total. The van der Waals surface area contributed by atoms with E-state index in [0.717, 1.165) is 43.0 Å². The summed E-state index contributed by atoms with van der Waals surface area (Å²) in [4.78, 5) is 18.4. The van der Waals surface area contributed by atoms with E-state index in [4.69, 9.17) is 0 Å². The van der Waals surface area contributed by atoms with Crippen LogP contribution in [0.4, 0.5) is 24.5 Å². The third kappa shape index (κ3) is 3.91. The Morgan fingerprint density at radius 2 is 1.68 bits per heavy atom. The summed E-state index contributed by atoms with van der Waals surface area (Å²) in [5.41, 5.74) is 0.241. The molecule has 0 bridgehead atoms. The number of carbonyl (C=O) groups is 1. The maximum Gasteiger partial charge on any atom is 0.416 e. The second-order valence-corrected chi connectivity index (χ2v) is 8.22. The van der Waals surface area contributed by atoms with Crippen molar-refractivity contribution >= 4 is 29.0 Å². The summed E-state index contributed by atoms with van der Waals surface area (Å²) in [5.74, 6) is -0.168. The molecule has 1 saturated heterocycles. The van der Waals surface area contributed by atoms with Crippen molar-refractivity contribution in [2.45, 2.75) is 41.7 Å². The highest BCUT2D eigenvalue weighted by Crippen LogP contribution is 2.49. The predicted octanol–water partition coefficient (Wildman–Crippen LogP) is 5.71. The van der Waals surface area contributed by atoms with Gasteiger partial charge in [-0.3, -0.25) is 9.69 Å². The number of piperidine rings is 1.